The zero-order valence-electron chi connectivity index (χ0n) is 12.9. The molecule has 1 unspecified atom stereocenters. The van der Waals surface area contributed by atoms with Crippen LogP contribution in [0.2, 0.25) is 0 Å². The van der Waals surface area contributed by atoms with Gasteiger partial charge in [-0.05, 0) is 5.41 Å². The fourth-order valence-electron chi connectivity index (χ4n) is 1.79. The fraction of sp³-hybridized carbons (Fsp3) is 0.667. The van der Waals surface area contributed by atoms with E-state index in [2.05, 4.69) is 4.72 Å². The van der Waals surface area contributed by atoms with Crippen LogP contribution in [0.15, 0.2) is 20.7 Å². The highest BCUT2D eigenvalue weighted by molar-refractivity contribution is 7.89. The average Bonchev–Trinajstić information content (AvgIpc) is 2.36. The molecule has 1 aromatic heterocycles. The summed E-state index contributed by atoms with van der Waals surface area (Å²) in [5.41, 5.74) is 3.73. The molecule has 0 aliphatic heterocycles. The molecule has 0 aliphatic rings. The van der Waals surface area contributed by atoms with Crippen molar-refractivity contribution in [3.05, 3.63) is 27.0 Å². The van der Waals surface area contributed by atoms with Crippen LogP contribution in [-0.4, -0.2) is 30.1 Å². The van der Waals surface area contributed by atoms with E-state index in [-0.39, 0.29) is 6.54 Å². The monoisotopic (exact) mass is 318 g/mol. The zero-order chi connectivity index (χ0) is 16.6. The first-order chi connectivity index (χ1) is 9.41. The molecule has 3 N–H and O–H groups in total. The fourth-order valence-corrected chi connectivity index (χ4v) is 3.40. The molecule has 1 atom stereocenters. The van der Waals surface area contributed by atoms with Crippen LogP contribution < -0.4 is 21.7 Å². The summed E-state index contributed by atoms with van der Waals surface area (Å²) in [6.45, 7) is 5.61. The molecule has 120 valence electrons. The minimum atomic E-state index is -4.07. The van der Waals surface area contributed by atoms with Crippen LogP contribution in [-0.2, 0) is 24.1 Å². The Bertz CT molecular complexity index is 740. The van der Waals surface area contributed by atoms with Crippen LogP contribution in [0.4, 0.5) is 0 Å². The average molecular weight is 318 g/mol. The van der Waals surface area contributed by atoms with Gasteiger partial charge < -0.3 is 10.3 Å². The van der Waals surface area contributed by atoms with Crippen molar-refractivity contribution in [2.24, 2.45) is 25.2 Å². The van der Waals surface area contributed by atoms with Gasteiger partial charge in [-0.3, -0.25) is 9.36 Å². The van der Waals surface area contributed by atoms with Gasteiger partial charge in [0.15, 0.2) is 4.90 Å². The molecule has 0 bridgehead atoms. The molecule has 21 heavy (non-hydrogen) atoms. The van der Waals surface area contributed by atoms with Crippen molar-refractivity contribution >= 4 is 10.0 Å². The Labute approximate surface area is 123 Å². The van der Waals surface area contributed by atoms with E-state index in [0.29, 0.717) is 0 Å². The van der Waals surface area contributed by atoms with Crippen molar-refractivity contribution in [1.29, 1.82) is 0 Å². The summed E-state index contributed by atoms with van der Waals surface area (Å²) < 4.78 is 29.0. The standard InChI is InChI=1S/C12H22N4O4S/c1-12(2,3)9(6-13)14-21(19,20)8-7-15(4)11(18)16(5)10(8)17/h7,9,14H,6,13H2,1-5H3. The van der Waals surface area contributed by atoms with Crippen LogP contribution in [0.1, 0.15) is 20.8 Å². The maximum atomic E-state index is 12.4. The van der Waals surface area contributed by atoms with Crippen molar-refractivity contribution < 1.29 is 8.42 Å². The second kappa shape index (κ2) is 5.74. The third kappa shape index (κ3) is 3.60. The van der Waals surface area contributed by atoms with Crippen molar-refractivity contribution in [3.63, 3.8) is 0 Å². The van der Waals surface area contributed by atoms with E-state index in [1.807, 2.05) is 20.8 Å². The molecule has 0 aliphatic carbocycles. The first kappa shape index (κ1) is 17.6. The lowest BCUT2D eigenvalue weighted by Gasteiger charge is -2.30. The topological polar surface area (TPSA) is 116 Å². The van der Waals surface area contributed by atoms with Crippen molar-refractivity contribution in [2.75, 3.05) is 6.54 Å². The molecule has 0 aromatic carbocycles. The summed E-state index contributed by atoms with van der Waals surface area (Å²) in [5, 5.41) is 0. The third-order valence-electron chi connectivity index (χ3n) is 3.28. The maximum absolute atomic E-state index is 12.4. The van der Waals surface area contributed by atoms with Crippen molar-refractivity contribution in [2.45, 2.75) is 31.7 Å². The number of aryl methyl sites for hydroxylation is 1. The number of nitrogens with zero attached hydrogens (tertiary/aromatic N) is 2. The van der Waals surface area contributed by atoms with E-state index < -0.39 is 37.6 Å². The Morgan fingerprint density at radius 2 is 1.81 bits per heavy atom. The summed E-state index contributed by atoms with van der Waals surface area (Å²) in [7, 11) is -1.46. The lowest BCUT2D eigenvalue weighted by molar-refractivity contribution is 0.304. The molecular formula is C12H22N4O4S. The molecule has 0 amide bonds. The van der Waals surface area contributed by atoms with Crippen LogP contribution in [0.5, 0.6) is 0 Å². The first-order valence-electron chi connectivity index (χ1n) is 6.41. The van der Waals surface area contributed by atoms with Gasteiger partial charge in [0.25, 0.3) is 5.56 Å². The summed E-state index contributed by atoms with van der Waals surface area (Å²) in [6.07, 6.45) is 1.02. The number of sulfonamides is 1. The summed E-state index contributed by atoms with van der Waals surface area (Å²) >= 11 is 0. The lowest BCUT2D eigenvalue weighted by atomic mass is 9.88. The van der Waals surface area contributed by atoms with Gasteiger partial charge in [-0.2, -0.15) is 0 Å². The predicted molar refractivity (Wildman–Crippen MR) is 79.5 cm³/mol. The van der Waals surface area contributed by atoms with E-state index in [1.54, 1.807) is 0 Å². The van der Waals surface area contributed by atoms with Gasteiger partial charge in [0.2, 0.25) is 10.0 Å². The number of rotatable bonds is 4. The SMILES string of the molecule is Cn1cc(S(=O)(=O)NC(CN)C(C)(C)C)c(=O)n(C)c1=O. The largest absolute Gasteiger partial charge is 0.330 e. The summed E-state index contributed by atoms with van der Waals surface area (Å²) in [4.78, 5) is 23.1. The molecule has 1 rings (SSSR count). The number of hydrogen-bond donors (Lipinski definition) is 2. The first-order valence-corrected chi connectivity index (χ1v) is 7.89. The van der Waals surface area contributed by atoms with Gasteiger partial charge >= 0.3 is 5.69 Å². The van der Waals surface area contributed by atoms with Crippen molar-refractivity contribution in [1.82, 2.24) is 13.9 Å². The van der Waals surface area contributed by atoms with Crippen molar-refractivity contribution in [3.8, 4) is 0 Å². The molecule has 8 nitrogen and oxygen atoms in total. The minimum absolute atomic E-state index is 0.0921. The van der Waals surface area contributed by atoms with E-state index >= 15 is 0 Å². The smallest absolute Gasteiger partial charge is 0.329 e. The van der Waals surface area contributed by atoms with Gasteiger partial charge in [0.05, 0.1) is 0 Å². The van der Waals surface area contributed by atoms with E-state index in [9.17, 15) is 18.0 Å². The van der Waals surface area contributed by atoms with Gasteiger partial charge in [0, 0.05) is 32.9 Å². The van der Waals surface area contributed by atoms with E-state index in [1.165, 1.54) is 14.1 Å². The maximum Gasteiger partial charge on any atom is 0.330 e. The minimum Gasteiger partial charge on any atom is -0.329 e. The molecule has 1 aromatic rings. The second-order valence-corrected chi connectivity index (χ2v) is 7.71. The zero-order valence-corrected chi connectivity index (χ0v) is 13.7. The quantitative estimate of drug-likeness (QED) is 0.718. The van der Waals surface area contributed by atoms with E-state index in [4.69, 9.17) is 5.73 Å². The Morgan fingerprint density at radius 1 is 1.29 bits per heavy atom. The van der Waals surface area contributed by atoms with Crippen LogP contribution in [0, 0.1) is 5.41 Å². The molecule has 0 radical (unpaired) electrons. The summed E-state index contributed by atoms with van der Waals surface area (Å²) in [5.74, 6) is 0. The molecule has 9 heteroatoms. The van der Waals surface area contributed by atoms with Gasteiger partial charge in [-0.25, -0.2) is 17.9 Å². The molecule has 1 heterocycles. The molecule has 0 fully saturated rings. The van der Waals surface area contributed by atoms with Gasteiger partial charge in [0.1, 0.15) is 0 Å². The van der Waals surface area contributed by atoms with E-state index in [0.717, 1.165) is 15.3 Å². The molecule has 0 spiro atoms. The lowest BCUT2D eigenvalue weighted by Crippen LogP contribution is -2.50. The van der Waals surface area contributed by atoms with Crippen LogP contribution in [0.3, 0.4) is 0 Å². The Morgan fingerprint density at radius 3 is 2.24 bits per heavy atom. The number of nitrogens with two attached hydrogens (primary N) is 1. The highest BCUT2D eigenvalue weighted by Crippen LogP contribution is 2.19. The number of hydrogen-bond acceptors (Lipinski definition) is 5. The Hall–Kier alpha value is -1.45. The highest BCUT2D eigenvalue weighted by Gasteiger charge is 2.30. The Kier molecular flexibility index (Phi) is 4.81. The van der Waals surface area contributed by atoms with Crippen LogP contribution in [0.25, 0.3) is 0 Å². The molecular weight excluding hydrogens is 296 g/mol. The molecule has 0 saturated heterocycles. The number of nitrogens with one attached hydrogen (secondary N) is 1. The molecule has 0 saturated carbocycles. The summed E-state index contributed by atoms with van der Waals surface area (Å²) in [6, 6.07) is -0.538. The number of aromatic nitrogens is 2. The van der Waals surface area contributed by atoms with Gasteiger partial charge in [-0.15, -0.1) is 0 Å². The van der Waals surface area contributed by atoms with Gasteiger partial charge in [-0.1, -0.05) is 20.8 Å². The van der Waals surface area contributed by atoms with Crippen LogP contribution >= 0.6 is 0 Å². The third-order valence-corrected chi connectivity index (χ3v) is 4.74. The highest BCUT2D eigenvalue weighted by atomic mass is 32.2. The predicted octanol–water partition coefficient (Wildman–Crippen LogP) is -1.26. The second-order valence-electron chi connectivity index (χ2n) is 6.03. The Balaban J connectivity index is 3.40. The normalized spacial score (nSPS) is 14.2.